The van der Waals surface area contributed by atoms with Gasteiger partial charge in [-0.1, -0.05) is 20.3 Å². The summed E-state index contributed by atoms with van der Waals surface area (Å²) in [4.78, 5) is 19.9. The van der Waals surface area contributed by atoms with Crippen LogP contribution in [0.5, 0.6) is 0 Å². The summed E-state index contributed by atoms with van der Waals surface area (Å²) in [5, 5.41) is 12.6. The van der Waals surface area contributed by atoms with E-state index in [2.05, 4.69) is 15.3 Å². The van der Waals surface area contributed by atoms with E-state index in [4.69, 9.17) is 0 Å². The minimum absolute atomic E-state index is 0.0943. The first kappa shape index (κ1) is 14.3. The Morgan fingerprint density at radius 3 is 2.81 bits per heavy atom. The molecule has 0 amide bonds. The fourth-order valence-electron chi connectivity index (χ4n) is 3.83. The van der Waals surface area contributed by atoms with E-state index in [1.165, 1.54) is 25.7 Å². The monoisotopic (exact) mass is 289 g/mol. The van der Waals surface area contributed by atoms with Crippen molar-refractivity contribution >= 4 is 11.7 Å². The zero-order chi connectivity index (χ0) is 15.0. The summed E-state index contributed by atoms with van der Waals surface area (Å²) in [6, 6.07) is 0. The molecule has 21 heavy (non-hydrogen) atoms. The van der Waals surface area contributed by atoms with Crippen LogP contribution in [-0.2, 0) is 0 Å². The van der Waals surface area contributed by atoms with Crippen molar-refractivity contribution in [3.8, 4) is 0 Å². The molecule has 0 spiro atoms. The summed E-state index contributed by atoms with van der Waals surface area (Å²) < 4.78 is 0. The van der Waals surface area contributed by atoms with E-state index >= 15 is 0 Å². The topological polar surface area (TPSA) is 75.1 Å². The van der Waals surface area contributed by atoms with Crippen LogP contribution >= 0.6 is 0 Å². The quantitative estimate of drug-likeness (QED) is 0.871. The molecule has 1 aromatic heterocycles. The maximum absolute atomic E-state index is 11.4. The van der Waals surface area contributed by atoms with Crippen LogP contribution in [0, 0.1) is 17.8 Å². The highest BCUT2D eigenvalue weighted by Gasteiger charge is 2.39. The van der Waals surface area contributed by atoms with Crippen LogP contribution in [-0.4, -0.2) is 27.6 Å². The maximum atomic E-state index is 11.4. The van der Waals surface area contributed by atoms with E-state index in [1.807, 2.05) is 13.8 Å². The number of aromatic nitrogens is 2. The molecule has 2 N–H and O–H groups in total. The second-order valence-electron chi connectivity index (χ2n) is 6.77. The van der Waals surface area contributed by atoms with Crippen LogP contribution in [0.4, 0.5) is 5.69 Å². The molecule has 2 aliphatic rings. The smallest absolute Gasteiger partial charge is 0.356 e. The third kappa shape index (κ3) is 2.87. The number of nitrogens with one attached hydrogen (secondary N) is 1. The first-order chi connectivity index (χ1) is 10.0. The van der Waals surface area contributed by atoms with Crippen molar-refractivity contribution in [2.45, 2.75) is 45.4 Å². The van der Waals surface area contributed by atoms with Gasteiger partial charge in [0.1, 0.15) is 5.82 Å². The summed E-state index contributed by atoms with van der Waals surface area (Å²) in [6.07, 6.45) is 6.99. The molecule has 1 aromatic rings. The number of nitrogens with zero attached hydrogens (tertiary/aromatic N) is 2. The molecule has 3 rings (SSSR count). The zero-order valence-corrected chi connectivity index (χ0v) is 12.7. The van der Waals surface area contributed by atoms with E-state index in [1.54, 1.807) is 6.20 Å². The Morgan fingerprint density at radius 2 is 2.24 bits per heavy atom. The first-order valence-electron chi connectivity index (χ1n) is 7.88. The second kappa shape index (κ2) is 5.62. The van der Waals surface area contributed by atoms with Gasteiger partial charge in [-0.3, -0.25) is 0 Å². The van der Waals surface area contributed by atoms with Crippen molar-refractivity contribution in [2.24, 2.45) is 17.8 Å². The number of aromatic carboxylic acids is 1. The summed E-state index contributed by atoms with van der Waals surface area (Å²) in [5.41, 5.74) is 0.645. The summed E-state index contributed by atoms with van der Waals surface area (Å²) in [7, 11) is 0. The van der Waals surface area contributed by atoms with Gasteiger partial charge in [0.05, 0.1) is 11.9 Å². The van der Waals surface area contributed by atoms with E-state index in [9.17, 15) is 9.90 Å². The van der Waals surface area contributed by atoms with Gasteiger partial charge < -0.3 is 10.4 Å². The van der Waals surface area contributed by atoms with Gasteiger partial charge in [0.2, 0.25) is 0 Å². The lowest BCUT2D eigenvalue weighted by Crippen LogP contribution is -2.22. The average molecular weight is 289 g/mol. The number of carbonyl (C=O) groups is 1. The van der Waals surface area contributed by atoms with Gasteiger partial charge in [-0.2, -0.15) is 0 Å². The minimum Gasteiger partial charge on any atom is -0.476 e. The molecule has 0 aromatic carbocycles. The van der Waals surface area contributed by atoms with Gasteiger partial charge in [0, 0.05) is 12.5 Å². The van der Waals surface area contributed by atoms with Crippen molar-refractivity contribution in [3.63, 3.8) is 0 Å². The standard InChI is InChI=1S/C16H23N3O2/c1-9(2)15-18-8-13(14(19-15)16(20)21)17-7-12-6-10-3-4-11(12)5-10/h8-12,17H,3-7H2,1-2H3,(H,20,21). The largest absolute Gasteiger partial charge is 0.476 e. The molecule has 2 fully saturated rings. The highest BCUT2D eigenvalue weighted by molar-refractivity contribution is 5.91. The van der Waals surface area contributed by atoms with Gasteiger partial charge in [-0.05, 0) is 37.0 Å². The lowest BCUT2D eigenvalue weighted by Gasteiger charge is -2.22. The normalized spacial score (nSPS) is 27.3. The van der Waals surface area contributed by atoms with Crippen LogP contribution in [0.15, 0.2) is 6.20 Å². The molecule has 114 valence electrons. The molecule has 2 bridgehead atoms. The number of carboxylic acids is 1. The van der Waals surface area contributed by atoms with Crippen LogP contribution < -0.4 is 5.32 Å². The SMILES string of the molecule is CC(C)c1ncc(NCC2CC3CCC2C3)c(C(=O)O)n1. The second-order valence-corrected chi connectivity index (χ2v) is 6.77. The van der Waals surface area contributed by atoms with Gasteiger partial charge in [0.25, 0.3) is 0 Å². The third-order valence-corrected chi connectivity index (χ3v) is 4.97. The number of rotatable bonds is 5. The fourth-order valence-corrected chi connectivity index (χ4v) is 3.83. The molecule has 5 nitrogen and oxygen atoms in total. The Kier molecular flexibility index (Phi) is 3.83. The lowest BCUT2D eigenvalue weighted by molar-refractivity contribution is 0.0691. The van der Waals surface area contributed by atoms with E-state index < -0.39 is 5.97 Å². The number of fused-ring (bicyclic) bond motifs is 2. The minimum atomic E-state index is -0.991. The molecular formula is C16H23N3O2. The molecular weight excluding hydrogens is 266 g/mol. The van der Waals surface area contributed by atoms with Crippen LogP contribution in [0.2, 0.25) is 0 Å². The predicted octanol–water partition coefficient (Wildman–Crippen LogP) is 3.15. The molecule has 5 heteroatoms. The van der Waals surface area contributed by atoms with Crippen molar-refractivity contribution < 1.29 is 9.90 Å². The zero-order valence-electron chi connectivity index (χ0n) is 12.7. The Morgan fingerprint density at radius 1 is 1.43 bits per heavy atom. The van der Waals surface area contributed by atoms with Crippen molar-refractivity contribution in [3.05, 3.63) is 17.7 Å². The highest BCUT2D eigenvalue weighted by atomic mass is 16.4. The van der Waals surface area contributed by atoms with Gasteiger partial charge in [0.15, 0.2) is 5.69 Å². The van der Waals surface area contributed by atoms with Gasteiger partial charge in [-0.15, -0.1) is 0 Å². The molecule has 0 aliphatic heterocycles. The summed E-state index contributed by atoms with van der Waals surface area (Å²) >= 11 is 0. The third-order valence-electron chi connectivity index (χ3n) is 4.97. The van der Waals surface area contributed by atoms with Crippen LogP contribution in [0.25, 0.3) is 0 Å². The van der Waals surface area contributed by atoms with Gasteiger partial charge in [-0.25, -0.2) is 14.8 Å². The Hall–Kier alpha value is -1.65. The maximum Gasteiger partial charge on any atom is 0.356 e. The van der Waals surface area contributed by atoms with E-state index in [-0.39, 0.29) is 11.6 Å². The summed E-state index contributed by atoms with van der Waals surface area (Å²) in [5.74, 6) is 2.12. The highest BCUT2D eigenvalue weighted by Crippen LogP contribution is 2.48. The Balaban J connectivity index is 1.71. The summed E-state index contributed by atoms with van der Waals surface area (Å²) in [6.45, 7) is 4.76. The first-order valence-corrected chi connectivity index (χ1v) is 7.88. The van der Waals surface area contributed by atoms with E-state index in [0.29, 0.717) is 17.4 Å². The molecule has 3 atom stereocenters. The molecule has 0 saturated heterocycles. The Labute approximate surface area is 125 Å². The van der Waals surface area contributed by atoms with Gasteiger partial charge >= 0.3 is 5.97 Å². The average Bonchev–Trinajstić information content (AvgIpc) is 3.07. The molecule has 2 saturated carbocycles. The number of carboxylic acid groups (broad SMARTS) is 1. The number of anilines is 1. The fraction of sp³-hybridized carbons (Fsp3) is 0.688. The van der Waals surface area contributed by atoms with Crippen LogP contribution in [0.3, 0.4) is 0 Å². The molecule has 3 unspecified atom stereocenters. The van der Waals surface area contributed by atoms with E-state index in [0.717, 1.165) is 18.4 Å². The van der Waals surface area contributed by atoms with Crippen molar-refractivity contribution in [1.82, 2.24) is 9.97 Å². The van der Waals surface area contributed by atoms with Crippen molar-refractivity contribution in [1.29, 1.82) is 0 Å². The van der Waals surface area contributed by atoms with Crippen molar-refractivity contribution in [2.75, 3.05) is 11.9 Å². The number of hydrogen-bond donors (Lipinski definition) is 2. The molecule has 2 aliphatic carbocycles. The molecule has 0 radical (unpaired) electrons. The molecule has 1 heterocycles. The Bertz CT molecular complexity index is 544. The van der Waals surface area contributed by atoms with Crippen LogP contribution in [0.1, 0.15) is 61.8 Å². The predicted molar refractivity (Wildman–Crippen MR) is 80.5 cm³/mol. The lowest BCUT2D eigenvalue weighted by atomic mass is 9.89. The number of hydrogen-bond acceptors (Lipinski definition) is 4.